The highest BCUT2D eigenvalue weighted by molar-refractivity contribution is 7.84. The Bertz CT molecular complexity index is 449. The zero-order valence-corrected chi connectivity index (χ0v) is 12.3. The summed E-state index contributed by atoms with van der Waals surface area (Å²) in [5, 5.41) is 2.92. The second-order valence-electron chi connectivity index (χ2n) is 4.78. The van der Waals surface area contributed by atoms with Crippen LogP contribution in [0.15, 0.2) is 24.3 Å². The van der Waals surface area contributed by atoms with Gasteiger partial charge in [-0.3, -0.25) is 9.00 Å². The minimum atomic E-state index is -0.802. The van der Waals surface area contributed by atoms with E-state index >= 15 is 0 Å². The summed E-state index contributed by atoms with van der Waals surface area (Å²) in [5.41, 5.74) is 7.47. The van der Waals surface area contributed by atoms with Gasteiger partial charge in [0.25, 0.3) is 0 Å². The number of anilines is 1. The summed E-state index contributed by atoms with van der Waals surface area (Å²) in [5.74, 6) is 0.647. The molecule has 0 spiro atoms. The Morgan fingerprint density at radius 1 is 1.47 bits per heavy atom. The van der Waals surface area contributed by atoms with Gasteiger partial charge in [0.15, 0.2) is 0 Å². The molecule has 2 unspecified atom stereocenters. The molecule has 4 nitrogen and oxygen atoms in total. The monoisotopic (exact) mass is 282 g/mol. The first kappa shape index (κ1) is 15.7. The van der Waals surface area contributed by atoms with Crippen LogP contribution in [0.4, 0.5) is 5.69 Å². The molecule has 0 aliphatic heterocycles. The summed E-state index contributed by atoms with van der Waals surface area (Å²) in [6.45, 7) is 1.94. The number of nitrogens with two attached hydrogens (primary N) is 1. The van der Waals surface area contributed by atoms with Crippen LogP contribution >= 0.6 is 0 Å². The van der Waals surface area contributed by atoms with Crippen molar-refractivity contribution in [2.45, 2.75) is 32.2 Å². The largest absolute Gasteiger partial charge is 0.399 e. The molecule has 5 heteroatoms. The fourth-order valence-corrected chi connectivity index (χ4v) is 2.45. The molecule has 106 valence electrons. The molecule has 1 aromatic carbocycles. The second kappa shape index (κ2) is 7.94. The van der Waals surface area contributed by atoms with Crippen molar-refractivity contribution in [2.24, 2.45) is 0 Å². The van der Waals surface area contributed by atoms with Gasteiger partial charge in [-0.1, -0.05) is 12.1 Å². The minimum Gasteiger partial charge on any atom is -0.399 e. The molecule has 0 aromatic heterocycles. The van der Waals surface area contributed by atoms with E-state index in [4.69, 9.17) is 5.73 Å². The molecule has 1 rings (SSSR count). The lowest BCUT2D eigenvalue weighted by Gasteiger charge is -2.13. The third-order valence-corrected chi connectivity index (χ3v) is 3.65. The first-order valence-electron chi connectivity index (χ1n) is 6.41. The molecule has 3 N–H and O–H groups in total. The molecule has 0 radical (unpaired) electrons. The number of carbonyl (C=O) groups is 1. The Labute approximate surface area is 117 Å². The van der Waals surface area contributed by atoms with Gasteiger partial charge < -0.3 is 11.1 Å². The molecule has 0 saturated heterocycles. The molecule has 0 fully saturated rings. The highest BCUT2D eigenvalue weighted by atomic mass is 32.2. The molecule has 2 atom stereocenters. The van der Waals surface area contributed by atoms with E-state index in [0.717, 1.165) is 17.7 Å². The Morgan fingerprint density at radius 2 is 2.21 bits per heavy atom. The van der Waals surface area contributed by atoms with E-state index in [0.29, 0.717) is 18.6 Å². The van der Waals surface area contributed by atoms with Gasteiger partial charge in [-0.05, 0) is 37.5 Å². The van der Waals surface area contributed by atoms with Crippen molar-refractivity contribution >= 4 is 22.4 Å². The number of carbonyl (C=O) groups excluding carboxylic acids is 1. The first-order chi connectivity index (χ1) is 8.97. The Hall–Kier alpha value is -1.36. The van der Waals surface area contributed by atoms with E-state index in [1.807, 2.05) is 31.2 Å². The topological polar surface area (TPSA) is 72.2 Å². The fraction of sp³-hybridized carbons (Fsp3) is 0.500. The van der Waals surface area contributed by atoms with Crippen LogP contribution in [-0.4, -0.2) is 28.2 Å². The van der Waals surface area contributed by atoms with Crippen LogP contribution in [-0.2, 0) is 22.0 Å². The van der Waals surface area contributed by atoms with Crippen LogP contribution in [0.1, 0.15) is 25.3 Å². The van der Waals surface area contributed by atoms with Crippen LogP contribution in [0.25, 0.3) is 0 Å². The van der Waals surface area contributed by atoms with Gasteiger partial charge in [-0.15, -0.1) is 0 Å². The van der Waals surface area contributed by atoms with Crippen molar-refractivity contribution < 1.29 is 9.00 Å². The maximum Gasteiger partial charge on any atom is 0.220 e. The van der Waals surface area contributed by atoms with E-state index in [-0.39, 0.29) is 11.9 Å². The van der Waals surface area contributed by atoms with E-state index in [1.54, 1.807) is 6.26 Å². The zero-order valence-electron chi connectivity index (χ0n) is 11.5. The van der Waals surface area contributed by atoms with Crippen molar-refractivity contribution in [3.05, 3.63) is 29.8 Å². The van der Waals surface area contributed by atoms with Gasteiger partial charge in [-0.25, -0.2) is 0 Å². The van der Waals surface area contributed by atoms with Crippen LogP contribution < -0.4 is 11.1 Å². The molecule has 1 aromatic rings. The number of aryl methyl sites for hydroxylation is 1. The van der Waals surface area contributed by atoms with E-state index in [1.165, 1.54) is 0 Å². The summed E-state index contributed by atoms with van der Waals surface area (Å²) < 4.78 is 11.0. The number of nitrogen functional groups attached to an aromatic ring is 1. The molecular weight excluding hydrogens is 260 g/mol. The average Bonchev–Trinajstić information content (AvgIpc) is 2.34. The molecule has 0 aliphatic carbocycles. The Balaban J connectivity index is 2.29. The number of hydrogen-bond acceptors (Lipinski definition) is 3. The Morgan fingerprint density at radius 3 is 2.84 bits per heavy atom. The van der Waals surface area contributed by atoms with Gasteiger partial charge in [0, 0.05) is 41.0 Å². The molecule has 0 saturated carbocycles. The molecular formula is C14H22N2O2S. The van der Waals surface area contributed by atoms with Crippen LogP contribution in [0.2, 0.25) is 0 Å². The SMILES string of the molecule is CC(CCS(C)=O)NC(=O)CCc1cccc(N)c1. The van der Waals surface area contributed by atoms with Crippen LogP contribution in [0.3, 0.4) is 0 Å². The zero-order chi connectivity index (χ0) is 14.3. The Kier molecular flexibility index (Phi) is 6.56. The predicted molar refractivity (Wildman–Crippen MR) is 80.3 cm³/mol. The summed E-state index contributed by atoms with van der Waals surface area (Å²) >= 11 is 0. The quantitative estimate of drug-likeness (QED) is 0.744. The third kappa shape index (κ3) is 6.96. The molecule has 0 aliphatic rings. The minimum absolute atomic E-state index is 0.0248. The number of amides is 1. The number of nitrogens with one attached hydrogen (secondary N) is 1. The van der Waals surface area contributed by atoms with Gasteiger partial charge in [0.2, 0.25) is 5.91 Å². The normalized spacial score (nSPS) is 13.8. The van der Waals surface area contributed by atoms with E-state index in [2.05, 4.69) is 5.32 Å². The van der Waals surface area contributed by atoms with Gasteiger partial charge >= 0.3 is 0 Å². The van der Waals surface area contributed by atoms with Crippen molar-refractivity contribution in [1.29, 1.82) is 0 Å². The van der Waals surface area contributed by atoms with Crippen molar-refractivity contribution in [3.63, 3.8) is 0 Å². The van der Waals surface area contributed by atoms with Crippen molar-refractivity contribution in [3.8, 4) is 0 Å². The molecule has 0 heterocycles. The molecule has 19 heavy (non-hydrogen) atoms. The molecule has 0 bridgehead atoms. The lowest BCUT2D eigenvalue weighted by Crippen LogP contribution is -2.33. The number of benzene rings is 1. The lowest BCUT2D eigenvalue weighted by atomic mass is 10.1. The summed E-state index contributed by atoms with van der Waals surface area (Å²) in [6, 6.07) is 7.64. The first-order valence-corrected chi connectivity index (χ1v) is 8.14. The van der Waals surface area contributed by atoms with Gasteiger partial charge in [-0.2, -0.15) is 0 Å². The number of rotatable bonds is 7. The summed E-state index contributed by atoms with van der Waals surface area (Å²) in [7, 11) is -0.802. The highest BCUT2D eigenvalue weighted by Crippen LogP contribution is 2.08. The van der Waals surface area contributed by atoms with E-state index in [9.17, 15) is 9.00 Å². The highest BCUT2D eigenvalue weighted by Gasteiger charge is 2.08. The van der Waals surface area contributed by atoms with E-state index < -0.39 is 10.8 Å². The predicted octanol–water partition coefficient (Wildman–Crippen LogP) is 1.47. The van der Waals surface area contributed by atoms with Crippen molar-refractivity contribution in [1.82, 2.24) is 5.32 Å². The molecule has 1 amide bonds. The fourth-order valence-electron chi connectivity index (χ4n) is 1.77. The number of hydrogen-bond donors (Lipinski definition) is 2. The van der Waals surface area contributed by atoms with Crippen molar-refractivity contribution in [2.75, 3.05) is 17.7 Å². The summed E-state index contributed by atoms with van der Waals surface area (Å²) in [6.07, 6.45) is 3.55. The lowest BCUT2D eigenvalue weighted by molar-refractivity contribution is -0.121. The second-order valence-corrected chi connectivity index (χ2v) is 6.33. The van der Waals surface area contributed by atoms with Gasteiger partial charge in [0.05, 0.1) is 0 Å². The maximum atomic E-state index is 11.7. The van der Waals surface area contributed by atoms with Gasteiger partial charge in [0.1, 0.15) is 0 Å². The standard InChI is InChI=1S/C14H22N2O2S/c1-11(8-9-19(2)18)16-14(17)7-6-12-4-3-5-13(15)10-12/h3-5,10-11H,6-9,15H2,1-2H3,(H,16,17). The smallest absolute Gasteiger partial charge is 0.220 e. The van der Waals surface area contributed by atoms with Crippen LogP contribution in [0.5, 0.6) is 0 Å². The average molecular weight is 282 g/mol. The third-order valence-electron chi connectivity index (χ3n) is 2.84. The van der Waals surface area contributed by atoms with Crippen LogP contribution in [0, 0.1) is 0 Å². The summed E-state index contributed by atoms with van der Waals surface area (Å²) in [4.78, 5) is 11.7. The maximum absolute atomic E-state index is 11.7.